The number of carboxylic acid groups (broad SMARTS) is 1. The van der Waals surface area contributed by atoms with E-state index in [1.165, 1.54) is 12.4 Å². The van der Waals surface area contributed by atoms with E-state index in [9.17, 15) is 9.90 Å². The SMILES string of the molecule is O=C(O)C1(CNc2cncc(Cl)n2)CCOCC1. The van der Waals surface area contributed by atoms with Crippen molar-refractivity contribution < 1.29 is 14.6 Å². The Hall–Kier alpha value is -1.40. The molecule has 1 fully saturated rings. The molecule has 1 aromatic rings. The fourth-order valence-electron chi connectivity index (χ4n) is 1.92. The normalized spacial score (nSPS) is 18.3. The molecule has 0 atom stereocenters. The summed E-state index contributed by atoms with van der Waals surface area (Å²) < 4.78 is 5.21. The average Bonchev–Trinajstić information content (AvgIpc) is 2.37. The van der Waals surface area contributed by atoms with E-state index in [0.717, 1.165) is 0 Å². The van der Waals surface area contributed by atoms with Gasteiger partial charge in [0, 0.05) is 19.8 Å². The molecule has 0 unspecified atom stereocenters. The lowest BCUT2D eigenvalue weighted by Crippen LogP contribution is -2.42. The number of nitrogens with one attached hydrogen (secondary N) is 1. The molecule has 98 valence electrons. The topological polar surface area (TPSA) is 84.3 Å². The van der Waals surface area contributed by atoms with Gasteiger partial charge in [0.25, 0.3) is 0 Å². The molecule has 6 nitrogen and oxygen atoms in total. The van der Waals surface area contributed by atoms with E-state index in [0.29, 0.717) is 38.4 Å². The third kappa shape index (κ3) is 2.88. The van der Waals surface area contributed by atoms with Gasteiger partial charge >= 0.3 is 5.97 Å². The van der Waals surface area contributed by atoms with Gasteiger partial charge in [0.05, 0.1) is 17.8 Å². The van der Waals surface area contributed by atoms with Crippen LogP contribution in [0.5, 0.6) is 0 Å². The number of anilines is 1. The Labute approximate surface area is 109 Å². The summed E-state index contributed by atoms with van der Waals surface area (Å²) in [7, 11) is 0. The summed E-state index contributed by atoms with van der Waals surface area (Å²) >= 11 is 5.71. The predicted octanol–water partition coefficient (Wildman–Crippen LogP) is 1.42. The number of ether oxygens (including phenoxy) is 1. The maximum Gasteiger partial charge on any atom is 0.311 e. The van der Waals surface area contributed by atoms with E-state index in [1.54, 1.807) is 0 Å². The molecule has 18 heavy (non-hydrogen) atoms. The van der Waals surface area contributed by atoms with E-state index < -0.39 is 11.4 Å². The van der Waals surface area contributed by atoms with E-state index in [4.69, 9.17) is 16.3 Å². The lowest BCUT2D eigenvalue weighted by molar-refractivity contribution is -0.153. The monoisotopic (exact) mass is 271 g/mol. The molecule has 0 amide bonds. The number of hydrogen-bond acceptors (Lipinski definition) is 5. The van der Waals surface area contributed by atoms with Crippen molar-refractivity contribution in [2.75, 3.05) is 25.1 Å². The molecule has 1 aliphatic rings. The van der Waals surface area contributed by atoms with Gasteiger partial charge in [-0.1, -0.05) is 11.6 Å². The highest BCUT2D eigenvalue weighted by atomic mass is 35.5. The molecule has 0 aromatic carbocycles. The molecule has 1 aromatic heterocycles. The number of hydrogen-bond donors (Lipinski definition) is 2. The molecule has 0 radical (unpaired) electrons. The largest absolute Gasteiger partial charge is 0.481 e. The lowest BCUT2D eigenvalue weighted by Gasteiger charge is -2.33. The molecule has 2 rings (SSSR count). The minimum atomic E-state index is -0.812. The summed E-state index contributed by atoms with van der Waals surface area (Å²) in [5, 5.41) is 12.6. The van der Waals surface area contributed by atoms with Crippen molar-refractivity contribution in [3.63, 3.8) is 0 Å². The Morgan fingerprint density at radius 3 is 2.83 bits per heavy atom. The molecule has 7 heteroatoms. The molecule has 0 spiro atoms. The molecule has 0 bridgehead atoms. The second kappa shape index (κ2) is 5.49. The highest BCUT2D eigenvalue weighted by Crippen LogP contribution is 2.31. The zero-order valence-electron chi connectivity index (χ0n) is 9.73. The van der Waals surface area contributed by atoms with Crippen LogP contribution in [0.2, 0.25) is 5.15 Å². The first-order chi connectivity index (χ1) is 8.62. The number of nitrogens with zero attached hydrogens (tertiary/aromatic N) is 2. The summed E-state index contributed by atoms with van der Waals surface area (Å²) in [6.07, 6.45) is 3.92. The fourth-order valence-corrected chi connectivity index (χ4v) is 2.06. The lowest BCUT2D eigenvalue weighted by atomic mass is 9.80. The van der Waals surface area contributed by atoms with E-state index in [2.05, 4.69) is 15.3 Å². The van der Waals surface area contributed by atoms with Crippen molar-refractivity contribution in [3.8, 4) is 0 Å². The van der Waals surface area contributed by atoms with Gasteiger partial charge in [0.15, 0.2) is 0 Å². The van der Waals surface area contributed by atoms with Crippen molar-refractivity contribution >= 4 is 23.4 Å². The predicted molar refractivity (Wildman–Crippen MR) is 65.7 cm³/mol. The van der Waals surface area contributed by atoms with E-state index in [1.807, 2.05) is 0 Å². The van der Waals surface area contributed by atoms with E-state index in [-0.39, 0.29) is 5.15 Å². The fraction of sp³-hybridized carbons (Fsp3) is 0.545. The van der Waals surface area contributed by atoms with Crippen LogP contribution in [-0.4, -0.2) is 40.8 Å². The summed E-state index contributed by atoms with van der Waals surface area (Å²) in [6, 6.07) is 0. The number of aromatic nitrogens is 2. The minimum Gasteiger partial charge on any atom is -0.481 e. The minimum absolute atomic E-state index is 0.274. The Morgan fingerprint density at radius 2 is 2.22 bits per heavy atom. The van der Waals surface area contributed by atoms with Crippen LogP contribution in [0.15, 0.2) is 12.4 Å². The van der Waals surface area contributed by atoms with Gasteiger partial charge < -0.3 is 15.2 Å². The molecule has 1 aliphatic heterocycles. The van der Waals surface area contributed by atoms with Crippen LogP contribution < -0.4 is 5.32 Å². The number of carbonyl (C=O) groups is 1. The summed E-state index contributed by atoms with van der Waals surface area (Å²) in [5.41, 5.74) is -0.803. The zero-order chi connectivity index (χ0) is 13.0. The van der Waals surface area contributed by atoms with Crippen molar-refractivity contribution in [3.05, 3.63) is 17.5 Å². The smallest absolute Gasteiger partial charge is 0.311 e. The van der Waals surface area contributed by atoms with E-state index >= 15 is 0 Å². The van der Waals surface area contributed by atoms with Gasteiger partial charge in [0.1, 0.15) is 11.0 Å². The molecular formula is C11H14ClN3O3. The van der Waals surface area contributed by atoms with Crippen LogP contribution in [0.25, 0.3) is 0 Å². The van der Waals surface area contributed by atoms with Crippen LogP contribution in [0.3, 0.4) is 0 Å². The average molecular weight is 272 g/mol. The Morgan fingerprint density at radius 1 is 1.50 bits per heavy atom. The first-order valence-corrected chi connectivity index (χ1v) is 6.03. The number of halogens is 1. The highest BCUT2D eigenvalue weighted by Gasteiger charge is 2.40. The standard InChI is InChI=1S/C11H14ClN3O3/c12-8-5-13-6-9(15-8)14-7-11(10(16)17)1-3-18-4-2-11/h5-6H,1-4,7H2,(H,14,15)(H,16,17). The van der Waals surface area contributed by atoms with Crippen LogP contribution in [0.1, 0.15) is 12.8 Å². The van der Waals surface area contributed by atoms with Crippen LogP contribution >= 0.6 is 11.6 Å². The number of rotatable bonds is 4. The molecule has 2 N–H and O–H groups in total. The molecule has 1 saturated heterocycles. The zero-order valence-corrected chi connectivity index (χ0v) is 10.5. The van der Waals surface area contributed by atoms with Crippen molar-refractivity contribution in [2.24, 2.45) is 5.41 Å². The molecular weight excluding hydrogens is 258 g/mol. The van der Waals surface area contributed by atoms with Crippen molar-refractivity contribution in [1.82, 2.24) is 9.97 Å². The highest BCUT2D eigenvalue weighted by molar-refractivity contribution is 6.29. The molecule has 2 heterocycles. The maximum atomic E-state index is 11.4. The Bertz CT molecular complexity index is 435. The van der Waals surface area contributed by atoms with Crippen LogP contribution in [-0.2, 0) is 9.53 Å². The van der Waals surface area contributed by atoms with Gasteiger partial charge in [-0.3, -0.25) is 9.78 Å². The van der Waals surface area contributed by atoms with Gasteiger partial charge in [-0.15, -0.1) is 0 Å². The second-order valence-electron chi connectivity index (χ2n) is 4.28. The first-order valence-electron chi connectivity index (χ1n) is 5.65. The molecule has 0 saturated carbocycles. The Kier molecular flexibility index (Phi) is 3.98. The quantitative estimate of drug-likeness (QED) is 0.862. The van der Waals surface area contributed by atoms with Gasteiger partial charge in [-0.05, 0) is 12.8 Å². The number of aliphatic carboxylic acids is 1. The van der Waals surface area contributed by atoms with Crippen molar-refractivity contribution in [2.45, 2.75) is 12.8 Å². The third-order valence-electron chi connectivity index (χ3n) is 3.12. The van der Waals surface area contributed by atoms with Gasteiger partial charge in [0.2, 0.25) is 0 Å². The van der Waals surface area contributed by atoms with Crippen molar-refractivity contribution in [1.29, 1.82) is 0 Å². The summed E-state index contributed by atoms with van der Waals surface area (Å²) in [6.45, 7) is 1.23. The summed E-state index contributed by atoms with van der Waals surface area (Å²) in [5.74, 6) is -0.331. The van der Waals surface area contributed by atoms with Gasteiger partial charge in [-0.25, -0.2) is 4.98 Å². The first kappa shape index (κ1) is 13.0. The second-order valence-corrected chi connectivity index (χ2v) is 4.67. The van der Waals surface area contributed by atoms with Crippen LogP contribution in [0, 0.1) is 5.41 Å². The maximum absolute atomic E-state index is 11.4. The van der Waals surface area contributed by atoms with Gasteiger partial charge in [-0.2, -0.15) is 0 Å². The van der Waals surface area contributed by atoms with Crippen LogP contribution in [0.4, 0.5) is 5.82 Å². The molecule has 0 aliphatic carbocycles. The number of carboxylic acids is 1. The Balaban J connectivity index is 2.04. The third-order valence-corrected chi connectivity index (χ3v) is 3.30. The summed E-state index contributed by atoms with van der Waals surface area (Å²) in [4.78, 5) is 19.3.